The van der Waals surface area contributed by atoms with E-state index in [9.17, 15) is 9.59 Å². The van der Waals surface area contributed by atoms with Crippen LogP contribution in [-0.4, -0.2) is 38.2 Å². The number of carbonyl (C=O) groups excluding carboxylic acids is 2. The normalized spacial score (nSPS) is 10.5. The van der Waals surface area contributed by atoms with Crippen LogP contribution in [0.2, 0.25) is 0 Å². The van der Waals surface area contributed by atoms with Gasteiger partial charge in [0.25, 0.3) is 11.8 Å². The Morgan fingerprint density at radius 1 is 1.23 bits per heavy atom. The van der Waals surface area contributed by atoms with Crippen molar-refractivity contribution in [3.05, 3.63) is 29.8 Å². The molecule has 0 fully saturated rings. The highest BCUT2D eigenvalue weighted by Crippen LogP contribution is 2.16. The Morgan fingerprint density at radius 3 is 2.64 bits per heavy atom. The molecule has 1 rings (SSSR count). The first-order chi connectivity index (χ1) is 10.5. The molecule has 6 nitrogen and oxygen atoms in total. The van der Waals surface area contributed by atoms with Gasteiger partial charge in [0.1, 0.15) is 5.75 Å². The molecular weight excluding hydrogens is 284 g/mol. The Morgan fingerprint density at radius 2 is 1.95 bits per heavy atom. The van der Waals surface area contributed by atoms with Crippen molar-refractivity contribution in [1.29, 1.82) is 0 Å². The quantitative estimate of drug-likeness (QED) is 0.638. The van der Waals surface area contributed by atoms with E-state index in [1.54, 1.807) is 24.3 Å². The van der Waals surface area contributed by atoms with E-state index in [1.807, 2.05) is 0 Å². The van der Waals surface area contributed by atoms with Gasteiger partial charge in [0.2, 0.25) is 0 Å². The van der Waals surface area contributed by atoms with Crippen molar-refractivity contribution in [3.63, 3.8) is 0 Å². The molecule has 0 aliphatic rings. The lowest BCUT2D eigenvalue weighted by Gasteiger charge is -2.10. The molecule has 3 N–H and O–H groups in total. The summed E-state index contributed by atoms with van der Waals surface area (Å²) in [4.78, 5) is 22.8. The van der Waals surface area contributed by atoms with Gasteiger partial charge < -0.3 is 20.5 Å². The maximum Gasteiger partial charge on any atom is 0.258 e. The molecule has 0 atom stereocenters. The van der Waals surface area contributed by atoms with Crippen molar-refractivity contribution >= 4 is 11.8 Å². The van der Waals surface area contributed by atoms with Crippen LogP contribution in [0.4, 0.5) is 0 Å². The van der Waals surface area contributed by atoms with Crippen molar-refractivity contribution in [2.45, 2.75) is 20.3 Å². The SMILES string of the molecule is CC(C)CCOCCNC(=O)COc1ccccc1C(N)=O. The van der Waals surface area contributed by atoms with Gasteiger partial charge in [-0.1, -0.05) is 26.0 Å². The summed E-state index contributed by atoms with van der Waals surface area (Å²) in [6.45, 7) is 5.68. The second-order valence-corrected chi connectivity index (χ2v) is 5.29. The lowest BCUT2D eigenvalue weighted by atomic mass is 10.1. The van der Waals surface area contributed by atoms with E-state index in [0.717, 1.165) is 6.42 Å². The van der Waals surface area contributed by atoms with E-state index in [-0.39, 0.29) is 18.1 Å². The number of benzene rings is 1. The van der Waals surface area contributed by atoms with Crippen LogP contribution in [0.25, 0.3) is 0 Å². The predicted octanol–water partition coefficient (Wildman–Crippen LogP) is 1.34. The van der Waals surface area contributed by atoms with Crippen LogP contribution >= 0.6 is 0 Å². The minimum atomic E-state index is -0.588. The Bertz CT molecular complexity index is 489. The highest BCUT2D eigenvalue weighted by Gasteiger charge is 2.10. The molecule has 1 aromatic carbocycles. The zero-order valence-corrected chi connectivity index (χ0v) is 13.1. The molecule has 0 aliphatic heterocycles. The molecule has 0 aromatic heterocycles. The number of ether oxygens (including phenoxy) is 2. The fourth-order valence-corrected chi connectivity index (χ4v) is 1.67. The largest absolute Gasteiger partial charge is 0.483 e. The number of amides is 2. The van der Waals surface area contributed by atoms with Gasteiger partial charge in [0.05, 0.1) is 12.2 Å². The zero-order chi connectivity index (χ0) is 16.4. The third kappa shape index (κ3) is 7.08. The third-order valence-corrected chi connectivity index (χ3v) is 2.92. The van der Waals surface area contributed by atoms with Gasteiger partial charge in [0.15, 0.2) is 6.61 Å². The highest BCUT2D eigenvalue weighted by molar-refractivity contribution is 5.95. The minimum Gasteiger partial charge on any atom is -0.483 e. The topological polar surface area (TPSA) is 90.7 Å². The molecule has 22 heavy (non-hydrogen) atoms. The number of hydrogen-bond donors (Lipinski definition) is 2. The molecule has 0 spiro atoms. The Labute approximate surface area is 131 Å². The van der Waals surface area contributed by atoms with Crippen LogP contribution in [0, 0.1) is 5.92 Å². The first-order valence-corrected chi connectivity index (χ1v) is 7.36. The monoisotopic (exact) mass is 308 g/mol. The molecule has 0 heterocycles. The van der Waals surface area contributed by atoms with Gasteiger partial charge >= 0.3 is 0 Å². The zero-order valence-electron chi connectivity index (χ0n) is 13.1. The summed E-state index contributed by atoms with van der Waals surface area (Å²) in [5, 5.41) is 2.68. The fourth-order valence-electron chi connectivity index (χ4n) is 1.67. The molecule has 0 aliphatic carbocycles. The summed E-state index contributed by atoms with van der Waals surface area (Å²) < 4.78 is 10.7. The van der Waals surface area contributed by atoms with Crippen molar-refractivity contribution in [3.8, 4) is 5.75 Å². The molecule has 0 saturated carbocycles. The van der Waals surface area contributed by atoms with Gasteiger partial charge in [0, 0.05) is 13.2 Å². The molecule has 0 bridgehead atoms. The van der Waals surface area contributed by atoms with E-state index in [2.05, 4.69) is 19.2 Å². The smallest absolute Gasteiger partial charge is 0.258 e. The van der Waals surface area contributed by atoms with E-state index in [0.29, 0.717) is 31.4 Å². The van der Waals surface area contributed by atoms with Gasteiger partial charge in [-0.25, -0.2) is 0 Å². The summed E-state index contributed by atoms with van der Waals surface area (Å²) in [5.74, 6) is 0.0490. The van der Waals surface area contributed by atoms with Crippen LogP contribution in [-0.2, 0) is 9.53 Å². The Kier molecular flexibility index (Phi) is 7.99. The van der Waals surface area contributed by atoms with E-state index >= 15 is 0 Å². The Balaban J connectivity index is 2.22. The fraction of sp³-hybridized carbons (Fsp3) is 0.500. The number of hydrogen-bond acceptors (Lipinski definition) is 4. The van der Waals surface area contributed by atoms with Crippen LogP contribution < -0.4 is 15.8 Å². The van der Waals surface area contributed by atoms with E-state index < -0.39 is 5.91 Å². The van der Waals surface area contributed by atoms with E-state index in [4.69, 9.17) is 15.2 Å². The van der Waals surface area contributed by atoms with Gasteiger partial charge in [-0.05, 0) is 24.5 Å². The molecule has 0 unspecified atom stereocenters. The number of primary amides is 1. The van der Waals surface area contributed by atoms with Crippen LogP contribution in [0.1, 0.15) is 30.6 Å². The van der Waals surface area contributed by atoms with Crippen LogP contribution in [0.3, 0.4) is 0 Å². The number of rotatable bonds is 10. The first kappa shape index (κ1) is 18.0. The number of carbonyl (C=O) groups is 2. The van der Waals surface area contributed by atoms with Crippen LogP contribution in [0.5, 0.6) is 5.75 Å². The Hall–Kier alpha value is -2.08. The molecule has 1 aromatic rings. The molecular formula is C16H24N2O4. The van der Waals surface area contributed by atoms with Crippen molar-refractivity contribution in [1.82, 2.24) is 5.32 Å². The second kappa shape index (κ2) is 9.78. The van der Waals surface area contributed by atoms with E-state index in [1.165, 1.54) is 0 Å². The standard InChI is InChI=1S/C16H24N2O4/c1-12(2)7-9-21-10-8-18-15(19)11-22-14-6-4-3-5-13(14)16(17)20/h3-6,12H,7-11H2,1-2H3,(H2,17,20)(H,18,19). The average molecular weight is 308 g/mol. The lowest BCUT2D eigenvalue weighted by molar-refractivity contribution is -0.123. The van der Waals surface area contributed by atoms with Crippen molar-refractivity contribution in [2.24, 2.45) is 11.7 Å². The molecule has 2 amide bonds. The van der Waals surface area contributed by atoms with Gasteiger partial charge in [-0.2, -0.15) is 0 Å². The van der Waals surface area contributed by atoms with Gasteiger partial charge in [-0.15, -0.1) is 0 Å². The maximum absolute atomic E-state index is 11.6. The van der Waals surface area contributed by atoms with Gasteiger partial charge in [-0.3, -0.25) is 9.59 Å². The van der Waals surface area contributed by atoms with Crippen LogP contribution in [0.15, 0.2) is 24.3 Å². The summed E-state index contributed by atoms with van der Waals surface area (Å²) in [7, 11) is 0. The maximum atomic E-state index is 11.6. The average Bonchev–Trinajstić information content (AvgIpc) is 2.48. The number of para-hydroxylation sites is 1. The summed E-state index contributed by atoms with van der Waals surface area (Å²) in [6, 6.07) is 6.55. The molecule has 122 valence electrons. The van der Waals surface area contributed by atoms with Crippen molar-refractivity contribution in [2.75, 3.05) is 26.4 Å². The minimum absolute atomic E-state index is 0.170. The second-order valence-electron chi connectivity index (χ2n) is 5.29. The number of nitrogens with two attached hydrogens (primary N) is 1. The predicted molar refractivity (Wildman–Crippen MR) is 83.7 cm³/mol. The number of nitrogens with one attached hydrogen (secondary N) is 1. The molecule has 0 radical (unpaired) electrons. The summed E-state index contributed by atoms with van der Waals surface area (Å²) in [6.07, 6.45) is 1.00. The first-order valence-electron chi connectivity index (χ1n) is 7.36. The van der Waals surface area contributed by atoms with Crippen molar-refractivity contribution < 1.29 is 19.1 Å². The summed E-state index contributed by atoms with van der Waals surface area (Å²) >= 11 is 0. The lowest BCUT2D eigenvalue weighted by Crippen LogP contribution is -2.32. The molecule has 0 saturated heterocycles. The molecule has 6 heteroatoms. The third-order valence-electron chi connectivity index (χ3n) is 2.92. The highest BCUT2D eigenvalue weighted by atomic mass is 16.5. The summed E-state index contributed by atoms with van der Waals surface area (Å²) in [5.41, 5.74) is 5.49.